The van der Waals surface area contributed by atoms with Gasteiger partial charge >= 0.3 is 6.61 Å². The minimum absolute atomic E-state index is 0.0419. The second-order valence-electron chi connectivity index (χ2n) is 6.73. The van der Waals surface area contributed by atoms with Crippen LogP contribution in [0.3, 0.4) is 0 Å². The number of carbonyl (C=O) groups excluding carboxylic acids is 2. The minimum atomic E-state index is -3.00. The Labute approximate surface area is 186 Å². The Balaban J connectivity index is 1.48. The van der Waals surface area contributed by atoms with E-state index in [-0.39, 0.29) is 35.2 Å². The van der Waals surface area contributed by atoms with Crippen LogP contribution >= 0.6 is 11.6 Å². The SMILES string of the molecule is O=C(COc1ccc2c(c1)O/C(=C\c1ccccc1OC(F)F)C2=O)c1ccc(Cl)cc1. The normalized spacial score (nSPS) is 13.8. The van der Waals surface area contributed by atoms with E-state index in [1.807, 2.05) is 0 Å². The first-order chi connectivity index (χ1) is 15.4. The Morgan fingerprint density at radius 1 is 1.06 bits per heavy atom. The lowest BCUT2D eigenvalue weighted by Crippen LogP contribution is -2.11. The molecule has 0 radical (unpaired) electrons. The first-order valence-corrected chi connectivity index (χ1v) is 9.82. The van der Waals surface area contributed by atoms with Gasteiger partial charge in [-0.1, -0.05) is 29.8 Å². The van der Waals surface area contributed by atoms with E-state index in [2.05, 4.69) is 4.74 Å². The number of hydrogen-bond acceptors (Lipinski definition) is 5. The maximum absolute atomic E-state index is 12.6. The third-order valence-electron chi connectivity index (χ3n) is 4.60. The van der Waals surface area contributed by atoms with E-state index in [0.717, 1.165) is 0 Å². The summed E-state index contributed by atoms with van der Waals surface area (Å²) in [7, 11) is 0. The van der Waals surface area contributed by atoms with Crippen LogP contribution in [0.4, 0.5) is 8.78 Å². The van der Waals surface area contributed by atoms with Crippen molar-refractivity contribution < 1.29 is 32.6 Å². The number of alkyl halides is 2. The number of Topliss-reactive ketones (excluding diaryl/α,β-unsaturated/α-hetero) is 2. The lowest BCUT2D eigenvalue weighted by molar-refractivity contribution is -0.0500. The van der Waals surface area contributed by atoms with Crippen molar-refractivity contribution in [2.45, 2.75) is 6.61 Å². The van der Waals surface area contributed by atoms with Gasteiger partial charge in [0, 0.05) is 22.2 Å². The van der Waals surface area contributed by atoms with Gasteiger partial charge in [0.1, 0.15) is 17.2 Å². The Hall–Kier alpha value is -3.71. The number of para-hydroxylation sites is 1. The number of hydrogen-bond donors (Lipinski definition) is 0. The van der Waals surface area contributed by atoms with Gasteiger partial charge in [-0.05, 0) is 48.5 Å². The van der Waals surface area contributed by atoms with E-state index in [0.29, 0.717) is 21.9 Å². The molecule has 0 aromatic heterocycles. The molecular formula is C24H15ClF2O5. The summed E-state index contributed by atoms with van der Waals surface area (Å²) in [4.78, 5) is 24.9. The highest BCUT2D eigenvalue weighted by Crippen LogP contribution is 2.36. The topological polar surface area (TPSA) is 61.8 Å². The van der Waals surface area contributed by atoms with Crippen molar-refractivity contribution in [3.05, 3.63) is 94.2 Å². The fourth-order valence-corrected chi connectivity index (χ4v) is 3.20. The quantitative estimate of drug-likeness (QED) is 0.331. The molecule has 0 spiro atoms. The van der Waals surface area contributed by atoms with Crippen LogP contribution in [-0.2, 0) is 0 Å². The van der Waals surface area contributed by atoms with E-state index in [1.165, 1.54) is 30.3 Å². The van der Waals surface area contributed by atoms with Gasteiger partial charge in [-0.2, -0.15) is 8.78 Å². The average molecular weight is 457 g/mol. The van der Waals surface area contributed by atoms with Crippen molar-refractivity contribution >= 4 is 29.2 Å². The highest BCUT2D eigenvalue weighted by Gasteiger charge is 2.28. The van der Waals surface area contributed by atoms with Crippen LogP contribution in [0.1, 0.15) is 26.3 Å². The molecule has 1 aliphatic heterocycles. The van der Waals surface area contributed by atoms with Gasteiger partial charge in [0.05, 0.1) is 5.56 Å². The summed E-state index contributed by atoms with van der Waals surface area (Å²) in [5.41, 5.74) is 1.02. The van der Waals surface area contributed by atoms with E-state index in [9.17, 15) is 18.4 Å². The number of fused-ring (bicyclic) bond motifs is 1. The maximum Gasteiger partial charge on any atom is 0.387 e. The Bertz CT molecular complexity index is 1210. The summed E-state index contributed by atoms with van der Waals surface area (Å²) in [6, 6.07) is 17.1. The number of halogens is 3. The fourth-order valence-electron chi connectivity index (χ4n) is 3.07. The molecule has 3 aromatic carbocycles. The number of allylic oxidation sites excluding steroid dienone is 1. The lowest BCUT2D eigenvalue weighted by Gasteiger charge is -2.08. The van der Waals surface area contributed by atoms with Gasteiger partial charge in [0.15, 0.2) is 18.1 Å². The Kier molecular flexibility index (Phi) is 6.18. The molecule has 0 saturated carbocycles. The molecule has 1 heterocycles. The molecule has 8 heteroatoms. The molecule has 0 atom stereocenters. The molecule has 1 aliphatic rings. The van der Waals surface area contributed by atoms with Crippen LogP contribution in [0, 0.1) is 0 Å². The molecule has 0 amide bonds. The van der Waals surface area contributed by atoms with Crippen molar-refractivity contribution in [2.24, 2.45) is 0 Å². The second-order valence-corrected chi connectivity index (χ2v) is 7.17. The van der Waals surface area contributed by atoms with Crippen molar-refractivity contribution in [1.29, 1.82) is 0 Å². The number of rotatable bonds is 7. The zero-order valence-corrected chi connectivity index (χ0v) is 17.1. The van der Waals surface area contributed by atoms with Crippen molar-refractivity contribution in [1.82, 2.24) is 0 Å². The molecule has 0 N–H and O–H groups in total. The third kappa shape index (κ3) is 4.78. The standard InChI is InChI=1S/C24H15ClF2O5/c25-16-7-5-14(6-8-16)19(28)13-30-17-9-10-18-21(12-17)31-22(23(18)29)11-15-3-1-2-4-20(15)32-24(26)27/h1-12,24H,13H2/b22-11-. The number of ether oxygens (including phenoxy) is 3. The minimum Gasteiger partial charge on any atom is -0.485 e. The van der Waals surface area contributed by atoms with Crippen molar-refractivity contribution in [2.75, 3.05) is 6.61 Å². The van der Waals surface area contributed by atoms with Gasteiger partial charge in [-0.15, -0.1) is 0 Å². The summed E-state index contributed by atoms with van der Waals surface area (Å²) in [6.45, 7) is -3.21. The highest BCUT2D eigenvalue weighted by molar-refractivity contribution is 6.30. The van der Waals surface area contributed by atoms with Crippen LogP contribution in [-0.4, -0.2) is 24.8 Å². The molecule has 162 valence electrons. The molecule has 0 saturated heterocycles. The molecular weight excluding hydrogens is 442 g/mol. The summed E-state index contributed by atoms with van der Waals surface area (Å²) >= 11 is 5.82. The predicted octanol–water partition coefficient (Wildman–Crippen LogP) is 5.82. The fraction of sp³-hybridized carbons (Fsp3) is 0.0833. The first kappa shape index (κ1) is 21.5. The summed E-state index contributed by atoms with van der Waals surface area (Å²) in [6.07, 6.45) is 1.34. The van der Waals surface area contributed by atoms with Crippen LogP contribution < -0.4 is 14.2 Å². The molecule has 3 aromatic rings. The molecule has 0 bridgehead atoms. The van der Waals surface area contributed by atoms with Gasteiger partial charge in [-0.3, -0.25) is 9.59 Å². The average Bonchev–Trinajstić information content (AvgIpc) is 3.08. The highest BCUT2D eigenvalue weighted by atomic mass is 35.5. The first-order valence-electron chi connectivity index (χ1n) is 9.44. The summed E-state index contributed by atoms with van der Waals surface area (Å²) in [5, 5.41) is 0.523. The van der Waals surface area contributed by atoms with E-state index < -0.39 is 12.4 Å². The van der Waals surface area contributed by atoms with Gasteiger partial charge in [0.25, 0.3) is 0 Å². The van der Waals surface area contributed by atoms with Crippen LogP contribution in [0.5, 0.6) is 17.2 Å². The summed E-state index contributed by atoms with van der Waals surface area (Å²) in [5.74, 6) is -0.190. The van der Waals surface area contributed by atoms with Crippen LogP contribution in [0.15, 0.2) is 72.5 Å². The van der Waals surface area contributed by atoms with Crippen LogP contribution in [0.2, 0.25) is 5.02 Å². The monoisotopic (exact) mass is 456 g/mol. The zero-order valence-electron chi connectivity index (χ0n) is 16.4. The van der Waals surface area contributed by atoms with Crippen molar-refractivity contribution in [3.63, 3.8) is 0 Å². The zero-order chi connectivity index (χ0) is 22.7. The smallest absolute Gasteiger partial charge is 0.387 e. The van der Waals surface area contributed by atoms with Gasteiger partial charge < -0.3 is 14.2 Å². The van der Waals surface area contributed by atoms with Gasteiger partial charge in [-0.25, -0.2) is 0 Å². The second kappa shape index (κ2) is 9.20. The van der Waals surface area contributed by atoms with E-state index >= 15 is 0 Å². The molecule has 0 fully saturated rings. The van der Waals surface area contributed by atoms with E-state index in [4.69, 9.17) is 21.1 Å². The predicted molar refractivity (Wildman–Crippen MR) is 114 cm³/mol. The number of benzene rings is 3. The Morgan fingerprint density at radius 3 is 2.56 bits per heavy atom. The van der Waals surface area contributed by atoms with E-state index in [1.54, 1.807) is 42.5 Å². The van der Waals surface area contributed by atoms with Gasteiger partial charge in [0.2, 0.25) is 5.78 Å². The van der Waals surface area contributed by atoms with Crippen LogP contribution in [0.25, 0.3) is 6.08 Å². The lowest BCUT2D eigenvalue weighted by atomic mass is 10.1. The maximum atomic E-state index is 12.6. The molecule has 4 rings (SSSR count). The summed E-state index contributed by atoms with van der Waals surface area (Å²) < 4.78 is 40.9. The molecule has 0 aliphatic carbocycles. The van der Waals surface area contributed by atoms with Crippen molar-refractivity contribution in [3.8, 4) is 17.2 Å². The number of ketones is 2. The molecule has 0 unspecified atom stereocenters. The molecule has 32 heavy (non-hydrogen) atoms. The number of carbonyl (C=O) groups is 2. The molecule has 5 nitrogen and oxygen atoms in total. The third-order valence-corrected chi connectivity index (χ3v) is 4.85. The largest absolute Gasteiger partial charge is 0.485 e. The Morgan fingerprint density at radius 2 is 1.81 bits per heavy atom.